The van der Waals surface area contributed by atoms with E-state index in [1.165, 1.54) is 12.1 Å². The highest BCUT2D eigenvalue weighted by Gasteiger charge is 2.32. The van der Waals surface area contributed by atoms with E-state index in [1.807, 2.05) is 0 Å². The van der Waals surface area contributed by atoms with Crippen LogP contribution >= 0.6 is 0 Å². The van der Waals surface area contributed by atoms with E-state index in [1.54, 1.807) is 44.1 Å². The number of halogens is 1. The number of oxazole rings is 1. The summed E-state index contributed by atoms with van der Waals surface area (Å²) in [4.78, 5) is 17.0. The second kappa shape index (κ2) is 5.65. The fourth-order valence-corrected chi connectivity index (χ4v) is 1.69. The molecule has 1 aromatic carbocycles. The normalized spacial score (nSPS) is 11.9. The predicted octanol–water partition coefficient (Wildman–Crippen LogP) is 2.78. The number of carbonyl (C=O) groups is 1. The zero-order valence-electron chi connectivity index (χ0n) is 12.1. The maximum Gasteiger partial charge on any atom is 0.323 e. The van der Waals surface area contributed by atoms with Crippen molar-refractivity contribution in [3.63, 3.8) is 0 Å². The number of rotatable bonds is 5. The number of carboxylic acid groups (broad SMARTS) is 1. The molecule has 0 aliphatic carbocycles. The van der Waals surface area contributed by atoms with E-state index in [0.29, 0.717) is 11.7 Å². The smallest absolute Gasteiger partial charge is 0.323 e. The minimum absolute atomic E-state index is 0.264. The summed E-state index contributed by atoms with van der Waals surface area (Å²) in [6, 6.07) is 5.89. The minimum atomic E-state index is -1.02. The molecule has 0 atom stereocenters. The van der Waals surface area contributed by atoms with Crippen molar-refractivity contribution >= 4 is 5.97 Å². The summed E-state index contributed by atoms with van der Waals surface area (Å²) >= 11 is 0. The first-order valence-electron chi connectivity index (χ1n) is 6.46. The standard InChI is InChI=1S/C15H17FN2O3/c1-15(2,14(19)20)18(3)9-13-17-8-12(21-13)10-4-6-11(16)7-5-10/h4-8H,9H2,1-3H3,(H,19,20). The van der Waals surface area contributed by atoms with Crippen molar-refractivity contribution in [2.45, 2.75) is 25.9 Å². The monoisotopic (exact) mass is 292 g/mol. The number of benzene rings is 1. The van der Waals surface area contributed by atoms with Gasteiger partial charge >= 0.3 is 5.97 Å². The van der Waals surface area contributed by atoms with Gasteiger partial charge in [-0.2, -0.15) is 0 Å². The predicted molar refractivity (Wildman–Crippen MR) is 75.1 cm³/mol. The summed E-state index contributed by atoms with van der Waals surface area (Å²) in [6.07, 6.45) is 1.55. The van der Waals surface area contributed by atoms with Gasteiger partial charge in [0.25, 0.3) is 0 Å². The Kier molecular flexibility index (Phi) is 4.09. The largest absolute Gasteiger partial charge is 0.480 e. The molecular weight excluding hydrogens is 275 g/mol. The topological polar surface area (TPSA) is 66.6 Å². The Bertz CT molecular complexity index is 635. The lowest BCUT2D eigenvalue weighted by Gasteiger charge is -2.30. The molecule has 0 radical (unpaired) electrons. The molecule has 21 heavy (non-hydrogen) atoms. The van der Waals surface area contributed by atoms with Crippen molar-refractivity contribution in [3.8, 4) is 11.3 Å². The van der Waals surface area contributed by atoms with Gasteiger partial charge in [-0.15, -0.1) is 0 Å². The zero-order chi connectivity index (χ0) is 15.6. The third-order valence-corrected chi connectivity index (χ3v) is 3.53. The molecule has 0 amide bonds. The van der Waals surface area contributed by atoms with E-state index >= 15 is 0 Å². The van der Waals surface area contributed by atoms with Crippen LogP contribution in [-0.4, -0.2) is 33.5 Å². The molecular formula is C15H17FN2O3. The van der Waals surface area contributed by atoms with E-state index in [4.69, 9.17) is 4.42 Å². The molecule has 0 aliphatic heterocycles. The van der Waals surface area contributed by atoms with Gasteiger partial charge in [-0.05, 0) is 45.2 Å². The lowest BCUT2D eigenvalue weighted by molar-refractivity contribution is -0.149. The average Bonchev–Trinajstić information content (AvgIpc) is 2.87. The molecule has 0 saturated carbocycles. The van der Waals surface area contributed by atoms with Gasteiger partial charge in [-0.25, -0.2) is 9.37 Å². The van der Waals surface area contributed by atoms with Crippen molar-refractivity contribution in [2.75, 3.05) is 7.05 Å². The van der Waals surface area contributed by atoms with E-state index in [9.17, 15) is 14.3 Å². The fraction of sp³-hybridized carbons (Fsp3) is 0.333. The minimum Gasteiger partial charge on any atom is -0.480 e. The molecule has 2 aromatic rings. The van der Waals surface area contributed by atoms with Gasteiger partial charge in [-0.3, -0.25) is 9.69 Å². The maximum absolute atomic E-state index is 12.9. The van der Waals surface area contributed by atoms with E-state index < -0.39 is 11.5 Å². The summed E-state index contributed by atoms with van der Waals surface area (Å²) < 4.78 is 18.5. The van der Waals surface area contributed by atoms with Crippen LogP contribution in [0.3, 0.4) is 0 Å². The number of nitrogens with zero attached hydrogens (tertiary/aromatic N) is 2. The SMILES string of the molecule is CN(Cc1ncc(-c2ccc(F)cc2)o1)C(C)(C)C(=O)O. The van der Waals surface area contributed by atoms with Gasteiger partial charge in [0, 0.05) is 5.56 Å². The highest BCUT2D eigenvalue weighted by molar-refractivity contribution is 5.77. The van der Waals surface area contributed by atoms with Gasteiger partial charge in [0.15, 0.2) is 5.76 Å². The fourth-order valence-electron chi connectivity index (χ4n) is 1.69. The van der Waals surface area contributed by atoms with Crippen LogP contribution in [0.2, 0.25) is 0 Å². The van der Waals surface area contributed by atoms with Crippen molar-refractivity contribution in [1.29, 1.82) is 0 Å². The van der Waals surface area contributed by atoms with Crippen LogP contribution in [0, 0.1) is 5.82 Å². The number of carboxylic acids is 1. The molecule has 6 heteroatoms. The first kappa shape index (κ1) is 15.2. The molecule has 0 spiro atoms. The molecule has 0 unspecified atom stereocenters. The van der Waals surface area contributed by atoms with E-state index in [0.717, 1.165) is 5.56 Å². The van der Waals surface area contributed by atoms with Crippen LogP contribution < -0.4 is 0 Å². The number of aliphatic carboxylic acids is 1. The van der Waals surface area contributed by atoms with Crippen LogP contribution in [0.15, 0.2) is 34.9 Å². The Morgan fingerprint density at radius 2 is 2.00 bits per heavy atom. The summed E-state index contributed by atoms with van der Waals surface area (Å²) in [5.41, 5.74) is -0.305. The Hall–Kier alpha value is -2.21. The van der Waals surface area contributed by atoms with Crippen molar-refractivity contribution in [2.24, 2.45) is 0 Å². The van der Waals surface area contributed by atoms with Crippen LogP contribution in [-0.2, 0) is 11.3 Å². The highest BCUT2D eigenvalue weighted by atomic mass is 19.1. The molecule has 1 aromatic heterocycles. The Balaban J connectivity index is 2.14. The van der Waals surface area contributed by atoms with Gasteiger partial charge in [0.05, 0.1) is 12.7 Å². The van der Waals surface area contributed by atoms with Gasteiger partial charge in [0.2, 0.25) is 5.89 Å². The van der Waals surface area contributed by atoms with Gasteiger partial charge < -0.3 is 9.52 Å². The van der Waals surface area contributed by atoms with E-state index in [2.05, 4.69) is 4.98 Å². The number of likely N-dealkylation sites (N-methyl/N-ethyl adjacent to an activating group) is 1. The summed E-state index contributed by atoms with van der Waals surface area (Å²) in [5.74, 6) is -0.311. The summed E-state index contributed by atoms with van der Waals surface area (Å²) in [5, 5.41) is 9.17. The van der Waals surface area contributed by atoms with Crippen LogP contribution in [0.4, 0.5) is 4.39 Å². The molecule has 0 fully saturated rings. The van der Waals surface area contributed by atoms with Crippen LogP contribution in [0.25, 0.3) is 11.3 Å². The molecule has 0 aliphatic rings. The third kappa shape index (κ3) is 3.28. The van der Waals surface area contributed by atoms with Gasteiger partial charge in [-0.1, -0.05) is 0 Å². The molecule has 2 rings (SSSR count). The number of hydrogen-bond donors (Lipinski definition) is 1. The average molecular weight is 292 g/mol. The molecule has 0 bridgehead atoms. The maximum atomic E-state index is 12.9. The van der Waals surface area contributed by atoms with Crippen molar-refractivity contribution in [1.82, 2.24) is 9.88 Å². The molecule has 112 valence electrons. The molecule has 1 N–H and O–H groups in total. The van der Waals surface area contributed by atoms with Crippen molar-refractivity contribution in [3.05, 3.63) is 42.2 Å². The van der Waals surface area contributed by atoms with E-state index in [-0.39, 0.29) is 12.4 Å². The Labute approximate surface area is 122 Å². The van der Waals surface area contributed by atoms with Crippen LogP contribution in [0.1, 0.15) is 19.7 Å². The highest BCUT2D eigenvalue weighted by Crippen LogP contribution is 2.22. The second-order valence-electron chi connectivity index (χ2n) is 5.35. The number of aromatic nitrogens is 1. The lowest BCUT2D eigenvalue weighted by Crippen LogP contribution is -2.47. The third-order valence-electron chi connectivity index (χ3n) is 3.53. The molecule has 1 heterocycles. The Morgan fingerprint density at radius 1 is 1.38 bits per heavy atom. The number of hydrogen-bond acceptors (Lipinski definition) is 4. The second-order valence-corrected chi connectivity index (χ2v) is 5.35. The van der Waals surface area contributed by atoms with Crippen molar-refractivity contribution < 1.29 is 18.7 Å². The summed E-state index contributed by atoms with van der Waals surface area (Å²) in [6.45, 7) is 3.48. The first-order valence-corrected chi connectivity index (χ1v) is 6.46. The molecule has 0 saturated heterocycles. The van der Waals surface area contributed by atoms with Gasteiger partial charge in [0.1, 0.15) is 11.4 Å². The molecule has 5 nitrogen and oxygen atoms in total. The zero-order valence-corrected chi connectivity index (χ0v) is 12.1. The van der Waals surface area contributed by atoms with Crippen LogP contribution in [0.5, 0.6) is 0 Å². The summed E-state index contributed by atoms with van der Waals surface area (Å²) in [7, 11) is 1.69. The quantitative estimate of drug-likeness (QED) is 0.918. The lowest BCUT2D eigenvalue weighted by atomic mass is 10.0. The Morgan fingerprint density at radius 3 is 2.57 bits per heavy atom. The first-order chi connectivity index (χ1) is 9.80.